The maximum absolute atomic E-state index is 12.4. The van der Waals surface area contributed by atoms with Crippen molar-refractivity contribution in [2.75, 3.05) is 26.3 Å². The standard InChI is InChI=1S/C17H21N3O4S/c1-11-5-15(24-19-11)16(21)20-9-17(10-20)13(3-4-23-17)6-22-7-14-8-25-12(2)18-14/h5,8,13H,3-4,6-7,9-10H2,1-2H3. The van der Waals surface area contributed by atoms with E-state index < -0.39 is 0 Å². The van der Waals surface area contributed by atoms with E-state index in [4.69, 9.17) is 14.0 Å². The van der Waals surface area contributed by atoms with Crippen LogP contribution in [0.15, 0.2) is 16.0 Å². The third-order valence-electron chi connectivity index (χ3n) is 4.88. The summed E-state index contributed by atoms with van der Waals surface area (Å²) in [6, 6.07) is 1.67. The summed E-state index contributed by atoms with van der Waals surface area (Å²) >= 11 is 1.63. The summed E-state index contributed by atoms with van der Waals surface area (Å²) in [6.45, 7) is 6.81. The SMILES string of the molecule is Cc1cc(C(=O)N2CC3(C2)OCCC3COCc2csc(C)n2)on1. The normalized spacial score (nSPS) is 21.7. The van der Waals surface area contributed by atoms with E-state index in [9.17, 15) is 4.79 Å². The van der Waals surface area contributed by atoms with Gasteiger partial charge < -0.3 is 18.9 Å². The highest BCUT2D eigenvalue weighted by atomic mass is 32.1. The van der Waals surface area contributed by atoms with E-state index in [1.807, 2.05) is 12.3 Å². The Bertz CT molecular complexity index is 766. The molecule has 0 saturated carbocycles. The summed E-state index contributed by atoms with van der Waals surface area (Å²) in [5.41, 5.74) is 1.41. The molecule has 2 aromatic rings. The number of aryl methyl sites for hydroxylation is 2. The van der Waals surface area contributed by atoms with Crippen molar-refractivity contribution in [3.05, 3.63) is 33.6 Å². The first-order valence-electron chi connectivity index (χ1n) is 8.41. The molecule has 8 heteroatoms. The molecule has 0 aliphatic carbocycles. The molecule has 1 amide bonds. The van der Waals surface area contributed by atoms with Gasteiger partial charge in [-0.05, 0) is 20.3 Å². The van der Waals surface area contributed by atoms with Crippen molar-refractivity contribution in [3.63, 3.8) is 0 Å². The van der Waals surface area contributed by atoms with Crippen molar-refractivity contribution in [1.82, 2.24) is 15.0 Å². The lowest BCUT2D eigenvalue weighted by Gasteiger charge is -2.49. The lowest BCUT2D eigenvalue weighted by molar-refractivity contribution is -0.129. The highest BCUT2D eigenvalue weighted by molar-refractivity contribution is 7.09. The molecule has 1 unspecified atom stereocenters. The van der Waals surface area contributed by atoms with Crippen molar-refractivity contribution in [3.8, 4) is 0 Å². The molecule has 7 nitrogen and oxygen atoms in total. The Labute approximate surface area is 149 Å². The number of carbonyl (C=O) groups excluding carboxylic acids is 1. The van der Waals surface area contributed by atoms with Crippen LogP contribution in [0.3, 0.4) is 0 Å². The van der Waals surface area contributed by atoms with E-state index in [0.717, 1.165) is 17.1 Å². The molecule has 1 atom stereocenters. The van der Waals surface area contributed by atoms with Gasteiger partial charge in [0.2, 0.25) is 5.76 Å². The Morgan fingerprint density at radius 3 is 3.00 bits per heavy atom. The van der Waals surface area contributed by atoms with Crippen LogP contribution < -0.4 is 0 Å². The molecule has 2 aliphatic rings. The molecule has 25 heavy (non-hydrogen) atoms. The number of aromatic nitrogens is 2. The third kappa shape index (κ3) is 3.21. The van der Waals surface area contributed by atoms with E-state index in [1.54, 1.807) is 29.2 Å². The largest absolute Gasteiger partial charge is 0.375 e. The van der Waals surface area contributed by atoms with Gasteiger partial charge in [0.1, 0.15) is 5.60 Å². The van der Waals surface area contributed by atoms with E-state index in [-0.39, 0.29) is 17.3 Å². The Balaban J connectivity index is 1.31. The summed E-state index contributed by atoms with van der Waals surface area (Å²) in [5.74, 6) is 0.462. The highest BCUT2D eigenvalue weighted by Gasteiger charge is 2.54. The first-order chi connectivity index (χ1) is 12.1. The molecule has 4 heterocycles. The second-order valence-electron chi connectivity index (χ2n) is 6.77. The van der Waals surface area contributed by atoms with Gasteiger partial charge in [0.25, 0.3) is 5.91 Å². The number of hydrogen-bond donors (Lipinski definition) is 0. The predicted molar refractivity (Wildman–Crippen MR) is 90.4 cm³/mol. The van der Waals surface area contributed by atoms with Gasteiger partial charge in [-0.25, -0.2) is 4.98 Å². The van der Waals surface area contributed by atoms with Crippen LogP contribution in [0.2, 0.25) is 0 Å². The van der Waals surface area contributed by atoms with Crippen LogP contribution in [0, 0.1) is 19.8 Å². The fourth-order valence-corrected chi connectivity index (χ4v) is 4.11. The molecule has 2 aliphatic heterocycles. The molecule has 0 radical (unpaired) electrons. The quantitative estimate of drug-likeness (QED) is 0.810. The van der Waals surface area contributed by atoms with Crippen molar-refractivity contribution in [1.29, 1.82) is 0 Å². The number of ether oxygens (including phenoxy) is 2. The van der Waals surface area contributed by atoms with Crippen LogP contribution >= 0.6 is 11.3 Å². The molecule has 4 rings (SSSR count). The van der Waals surface area contributed by atoms with Crippen LogP contribution in [0.5, 0.6) is 0 Å². The minimum absolute atomic E-state index is 0.126. The van der Waals surface area contributed by atoms with Gasteiger partial charge in [0, 0.05) is 24.0 Å². The van der Waals surface area contributed by atoms with Crippen LogP contribution in [0.4, 0.5) is 0 Å². The summed E-state index contributed by atoms with van der Waals surface area (Å²) in [4.78, 5) is 18.5. The average Bonchev–Trinajstić information content (AvgIpc) is 3.25. The monoisotopic (exact) mass is 363 g/mol. The first-order valence-corrected chi connectivity index (χ1v) is 9.29. The minimum Gasteiger partial charge on any atom is -0.375 e. The summed E-state index contributed by atoms with van der Waals surface area (Å²) in [6.07, 6.45) is 0.958. The lowest BCUT2D eigenvalue weighted by atomic mass is 9.81. The number of hydrogen-bond acceptors (Lipinski definition) is 7. The zero-order valence-electron chi connectivity index (χ0n) is 14.4. The lowest BCUT2D eigenvalue weighted by Crippen LogP contribution is -2.66. The molecule has 1 spiro atoms. The average molecular weight is 363 g/mol. The van der Waals surface area contributed by atoms with E-state index in [0.29, 0.717) is 44.5 Å². The first kappa shape index (κ1) is 16.7. The fraction of sp³-hybridized carbons (Fsp3) is 0.588. The number of nitrogens with zero attached hydrogens (tertiary/aromatic N) is 3. The van der Waals surface area contributed by atoms with Crippen molar-refractivity contribution >= 4 is 17.2 Å². The van der Waals surface area contributed by atoms with Gasteiger partial charge in [-0.15, -0.1) is 11.3 Å². The molecule has 0 bridgehead atoms. The van der Waals surface area contributed by atoms with Gasteiger partial charge in [-0.2, -0.15) is 0 Å². The maximum atomic E-state index is 12.4. The highest BCUT2D eigenvalue weighted by Crippen LogP contribution is 2.40. The van der Waals surface area contributed by atoms with Gasteiger partial charge in [-0.3, -0.25) is 4.79 Å². The van der Waals surface area contributed by atoms with Crippen LogP contribution in [0.25, 0.3) is 0 Å². The number of likely N-dealkylation sites (tertiary alicyclic amines) is 1. The number of rotatable bonds is 5. The summed E-state index contributed by atoms with van der Waals surface area (Å²) in [5, 5.41) is 6.85. The summed E-state index contributed by atoms with van der Waals surface area (Å²) < 4.78 is 16.9. The van der Waals surface area contributed by atoms with Crippen LogP contribution in [-0.2, 0) is 16.1 Å². The zero-order chi connectivity index (χ0) is 17.4. The topological polar surface area (TPSA) is 77.7 Å². The van der Waals surface area contributed by atoms with Crippen molar-refractivity contribution in [2.45, 2.75) is 32.5 Å². The Kier molecular flexibility index (Phi) is 4.35. The molecule has 2 aromatic heterocycles. The zero-order valence-corrected chi connectivity index (χ0v) is 15.2. The number of carbonyl (C=O) groups is 1. The minimum atomic E-state index is -0.275. The molecule has 0 N–H and O–H groups in total. The van der Waals surface area contributed by atoms with E-state index in [1.165, 1.54) is 0 Å². The second kappa shape index (κ2) is 6.51. The maximum Gasteiger partial charge on any atom is 0.292 e. The number of thiazole rings is 1. The van der Waals surface area contributed by atoms with Crippen molar-refractivity contribution < 1.29 is 18.8 Å². The second-order valence-corrected chi connectivity index (χ2v) is 7.83. The Hall–Kier alpha value is -1.77. The molecule has 134 valence electrons. The van der Waals surface area contributed by atoms with E-state index in [2.05, 4.69) is 10.1 Å². The van der Waals surface area contributed by atoms with Crippen molar-refractivity contribution in [2.24, 2.45) is 5.92 Å². The van der Waals surface area contributed by atoms with Crippen LogP contribution in [0.1, 0.15) is 33.4 Å². The van der Waals surface area contributed by atoms with Gasteiger partial charge in [-0.1, -0.05) is 5.16 Å². The molecule has 2 saturated heterocycles. The fourth-order valence-electron chi connectivity index (χ4n) is 3.51. The molecule has 0 aromatic carbocycles. The van der Waals surface area contributed by atoms with Crippen LogP contribution in [-0.4, -0.2) is 52.9 Å². The van der Waals surface area contributed by atoms with Gasteiger partial charge in [0.05, 0.1) is 42.7 Å². The third-order valence-corrected chi connectivity index (χ3v) is 5.70. The number of amides is 1. The van der Waals surface area contributed by atoms with Gasteiger partial charge in [0.15, 0.2) is 0 Å². The Morgan fingerprint density at radius 1 is 1.48 bits per heavy atom. The van der Waals surface area contributed by atoms with E-state index >= 15 is 0 Å². The Morgan fingerprint density at radius 2 is 2.32 bits per heavy atom. The van der Waals surface area contributed by atoms with Gasteiger partial charge >= 0.3 is 0 Å². The molecular weight excluding hydrogens is 342 g/mol. The molecular formula is C17H21N3O4S. The summed E-state index contributed by atoms with van der Waals surface area (Å²) in [7, 11) is 0. The molecule has 2 fully saturated rings. The smallest absolute Gasteiger partial charge is 0.292 e. The predicted octanol–water partition coefficient (Wildman–Crippen LogP) is 2.20.